The topological polar surface area (TPSA) is 41.6 Å². The third kappa shape index (κ3) is 1.82. The lowest BCUT2D eigenvalue weighted by Gasteiger charge is -2.34. The van der Waals surface area contributed by atoms with E-state index in [1.165, 1.54) is 11.3 Å². The van der Waals surface area contributed by atoms with E-state index >= 15 is 0 Å². The van der Waals surface area contributed by atoms with Crippen molar-refractivity contribution in [1.29, 1.82) is 0 Å². The van der Waals surface area contributed by atoms with Crippen LogP contribution in [0.2, 0.25) is 0 Å². The van der Waals surface area contributed by atoms with Gasteiger partial charge >= 0.3 is 6.09 Å². The number of fused-ring (bicyclic) bond motifs is 3. The summed E-state index contributed by atoms with van der Waals surface area (Å²) in [4.78, 5) is 13.6. The first-order valence-electron chi connectivity index (χ1n) is 6.56. The molecule has 4 heteroatoms. The normalized spacial score (nSPS) is 25.1. The van der Waals surface area contributed by atoms with Crippen molar-refractivity contribution in [3.8, 4) is 0 Å². The van der Waals surface area contributed by atoms with Crippen LogP contribution in [0.15, 0.2) is 24.3 Å². The summed E-state index contributed by atoms with van der Waals surface area (Å²) in [6, 6.07) is 8.84. The molecule has 0 aromatic heterocycles. The number of hydrogen-bond donors (Lipinski definition) is 1. The number of carbonyl (C=O) groups is 1. The van der Waals surface area contributed by atoms with Crippen LogP contribution in [0.25, 0.3) is 0 Å². The number of anilines is 1. The van der Waals surface area contributed by atoms with E-state index in [2.05, 4.69) is 23.5 Å². The maximum absolute atomic E-state index is 11.8. The minimum absolute atomic E-state index is 0.180. The summed E-state index contributed by atoms with van der Waals surface area (Å²) in [6.07, 6.45) is 0.804. The van der Waals surface area contributed by atoms with Gasteiger partial charge in [0.15, 0.2) is 0 Å². The SMILES string of the molecule is CCOC(=O)N1CC[C@H]2Nc3ccccc3[C@H]2C1. The molecule has 1 fully saturated rings. The van der Waals surface area contributed by atoms with Gasteiger partial charge in [0.05, 0.1) is 6.61 Å². The fraction of sp³-hybridized carbons (Fsp3) is 0.500. The minimum atomic E-state index is -0.180. The quantitative estimate of drug-likeness (QED) is 0.827. The summed E-state index contributed by atoms with van der Waals surface area (Å²) in [7, 11) is 0. The molecule has 0 bridgehead atoms. The van der Waals surface area contributed by atoms with E-state index in [1.807, 2.05) is 17.9 Å². The Labute approximate surface area is 107 Å². The standard InChI is InChI=1S/C14H18N2O2/c1-2-18-14(17)16-8-7-13-11(9-16)10-5-3-4-6-12(10)15-13/h3-6,11,13,15H,2,7-9H2,1H3/t11-,13-/m1/s1. The summed E-state index contributed by atoms with van der Waals surface area (Å²) in [6.45, 7) is 3.82. The van der Waals surface area contributed by atoms with Crippen LogP contribution in [0.4, 0.5) is 10.5 Å². The van der Waals surface area contributed by atoms with Crippen molar-refractivity contribution in [2.45, 2.75) is 25.3 Å². The Hall–Kier alpha value is -1.71. The molecule has 0 radical (unpaired) electrons. The average molecular weight is 246 g/mol. The average Bonchev–Trinajstić information content (AvgIpc) is 2.76. The highest BCUT2D eigenvalue weighted by atomic mass is 16.6. The summed E-state index contributed by atoms with van der Waals surface area (Å²) in [5, 5.41) is 3.55. The van der Waals surface area contributed by atoms with Gasteiger partial charge in [-0.25, -0.2) is 4.79 Å². The first-order valence-corrected chi connectivity index (χ1v) is 6.56. The lowest BCUT2D eigenvalue weighted by Crippen LogP contribution is -2.45. The molecule has 1 aromatic rings. The van der Waals surface area contributed by atoms with Gasteiger partial charge < -0.3 is 15.0 Å². The molecule has 1 aromatic carbocycles. The molecular formula is C14H18N2O2. The highest BCUT2D eigenvalue weighted by Gasteiger charge is 2.38. The summed E-state index contributed by atoms with van der Waals surface area (Å²) < 4.78 is 5.08. The van der Waals surface area contributed by atoms with Crippen LogP contribution >= 0.6 is 0 Å². The second-order valence-electron chi connectivity index (χ2n) is 4.88. The Morgan fingerprint density at radius 3 is 3.17 bits per heavy atom. The molecule has 18 heavy (non-hydrogen) atoms. The molecule has 0 unspecified atom stereocenters. The van der Waals surface area contributed by atoms with Crippen LogP contribution in [0, 0.1) is 0 Å². The largest absolute Gasteiger partial charge is 0.450 e. The molecule has 3 rings (SSSR count). The van der Waals surface area contributed by atoms with Crippen molar-refractivity contribution in [3.63, 3.8) is 0 Å². The molecule has 1 N–H and O–H groups in total. The van der Waals surface area contributed by atoms with Crippen LogP contribution < -0.4 is 5.32 Å². The van der Waals surface area contributed by atoms with E-state index < -0.39 is 0 Å². The van der Waals surface area contributed by atoms with E-state index in [1.54, 1.807) is 0 Å². The minimum Gasteiger partial charge on any atom is -0.450 e. The second-order valence-corrected chi connectivity index (χ2v) is 4.88. The van der Waals surface area contributed by atoms with Gasteiger partial charge in [-0.05, 0) is 25.0 Å². The highest BCUT2D eigenvalue weighted by Crippen LogP contribution is 2.39. The van der Waals surface area contributed by atoms with Crippen molar-refractivity contribution in [1.82, 2.24) is 4.90 Å². The molecule has 0 aliphatic carbocycles. The van der Waals surface area contributed by atoms with Crippen molar-refractivity contribution < 1.29 is 9.53 Å². The predicted molar refractivity (Wildman–Crippen MR) is 69.8 cm³/mol. The van der Waals surface area contributed by atoms with Crippen LogP contribution in [0.1, 0.15) is 24.8 Å². The van der Waals surface area contributed by atoms with E-state index in [4.69, 9.17) is 4.74 Å². The molecular weight excluding hydrogens is 228 g/mol. The van der Waals surface area contributed by atoms with Crippen molar-refractivity contribution in [3.05, 3.63) is 29.8 Å². The molecule has 0 saturated carbocycles. The van der Waals surface area contributed by atoms with Gasteiger partial charge in [-0.1, -0.05) is 18.2 Å². The number of ether oxygens (including phenoxy) is 1. The van der Waals surface area contributed by atoms with E-state index in [0.29, 0.717) is 18.6 Å². The third-order valence-electron chi connectivity index (χ3n) is 3.84. The highest BCUT2D eigenvalue weighted by molar-refractivity contribution is 5.69. The molecule has 2 aliphatic heterocycles. The van der Waals surface area contributed by atoms with Crippen LogP contribution in [0.5, 0.6) is 0 Å². The van der Waals surface area contributed by atoms with Gasteiger partial charge in [-0.3, -0.25) is 0 Å². The number of piperidine rings is 1. The van der Waals surface area contributed by atoms with Gasteiger partial charge in [-0.2, -0.15) is 0 Å². The molecule has 1 amide bonds. The number of nitrogens with one attached hydrogen (secondary N) is 1. The van der Waals surface area contributed by atoms with Crippen molar-refractivity contribution in [2.24, 2.45) is 0 Å². The molecule has 96 valence electrons. The Balaban J connectivity index is 1.77. The third-order valence-corrected chi connectivity index (χ3v) is 3.84. The fourth-order valence-corrected chi connectivity index (χ4v) is 2.97. The number of carbonyl (C=O) groups excluding carboxylic acids is 1. The molecule has 4 nitrogen and oxygen atoms in total. The zero-order chi connectivity index (χ0) is 12.5. The monoisotopic (exact) mass is 246 g/mol. The van der Waals surface area contributed by atoms with E-state index in [9.17, 15) is 4.79 Å². The molecule has 2 atom stereocenters. The number of para-hydroxylation sites is 1. The molecule has 2 aliphatic rings. The molecule has 0 spiro atoms. The number of benzene rings is 1. The van der Waals surface area contributed by atoms with Gasteiger partial charge in [0.1, 0.15) is 0 Å². The van der Waals surface area contributed by atoms with Crippen molar-refractivity contribution in [2.75, 3.05) is 25.0 Å². The van der Waals surface area contributed by atoms with Gasteiger partial charge in [0.25, 0.3) is 0 Å². The lowest BCUT2D eigenvalue weighted by atomic mass is 9.89. The maximum atomic E-state index is 11.8. The van der Waals surface area contributed by atoms with E-state index in [-0.39, 0.29) is 6.09 Å². The zero-order valence-electron chi connectivity index (χ0n) is 10.6. The first kappa shape index (κ1) is 11.4. The summed E-state index contributed by atoms with van der Waals surface area (Å²) >= 11 is 0. The summed E-state index contributed by atoms with van der Waals surface area (Å²) in [5.74, 6) is 0.402. The predicted octanol–water partition coefficient (Wildman–Crippen LogP) is 2.43. The maximum Gasteiger partial charge on any atom is 0.409 e. The van der Waals surface area contributed by atoms with E-state index in [0.717, 1.165) is 19.5 Å². The summed E-state index contributed by atoms with van der Waals surface area (Å²) in [5.41, 5.74) is 2.55. The number of nitrogens with zero attached hydrogens (tertiary/aromatic N) is 1. The number of rotatable bonds is 1. The van der Waals surface area contributed by atoms with Gasteiger partial charge in [0.2, 0.25) is 0 Å². The van der Waals surface area contributed by atoms with Crippen LogP contribution in [-0.2, 0) is 4.74 Å². The molecule has 1 saturated heterocycles. The van der Waals surface area contributed by atoms with Crippen molar-refractivity contribution >= 4 is 11.8 Å². The zero-order valence-corrected chi connectivity index (χ0v) is 10.6. The Bertz CT molecular complexity index is 461. The van der Waals surface area contributed by atoms with Crippen LogP contribution in [0.3, 0.4) is 0 Å². The van der Waals surface area contributed by atoms with Gasteiger partial charge in [-0.15, -0.1) is 0 Å². The Kier molecular flexibility index (Phi) is 2.86. The Morgan fingerprint density at radius 1 is 1.50 bits per heavy atom. The molecule has 2 heterocycles. The number of likely N-dealkylation sites (tertiary alicyclic amines) is 1. The number of amides is 1. The lowest BCUT2D eigenvalue weighted by molar-refractivity contribution is 0.0949. The van der Waals surface area contributed by atoms with Gasteiger partial charge in [0, 0.05) is 30.7 Å². The first-order chi connectivity index (χ1) is 8.79. The smallest absolute Gasteiger partial charge is 0.409 e. The fourth-order valence-electron chi connectivity index (χ4n) is 2.97. The Morgan fingerprint density at radius 2 is 2.33 bits per heavy atom. The second kappa shape index (κ2) is 4.52. The van der Waals surface area contributed by atoms with Crippen LogP contribution in [-0.4, -0.2) is 36.7 Å². The number of hydrogen-bond acceptors (Lipinski definition) is 3.